The smallest absolute Gasteiger partial charge is 0.244 e. The lowest BCUT2D eigenvalue weighted by molar-refractivity contribution is 0.520. The van der Waals surface area contributed by atoms with Crippen molar-refractivity contribution >= 4 is 15.8 Å². The summed E-state index contributed by atoms with van der Waals surface area (Å²) in [6, 6.07) is 3.54. The molecule has 19 heavy (non-hydrogen) atoms. The predicted octanol–water partition coefficient (Wildman–Crippen LogP) is 0.505. The fourth-order valence-electron chi connectivity index (χ4n) is 1.61. The Bertz CT molecular complexity index is 499. The normalized spacial score (nSPS) is 13.6. The van der Waals surface area contributed by atoms with E-state index in [1.165, 1.54) is 24.6 Å². The number of hydrogen-bond donors (Lipinski definition) is 1. The summed E-state index contributed by atoms with van der Waals surface area (Å²) in [5, 5.41) is 0. The first kappa shape index (κ1) is 15.9. The highest BCUT2D eigenvalue weighted by atomic mass is 32.2. The van der Waals surface area contributed by atoms with E-state index in [0.717, 1.165) is 12.2 Å². The Kier molecular flexibility index (Phi) is 5.28. The highest BCUT2D eigenvalue weighted by molar-refractivity contribution is 7.89. The summed E-state index contributed by atoms with van der Waals surface area (Å²) in [6.45, 7) is 2.66. The third kappa shape index (κ3) is 3.65. The maximum Gasteiger partial charge on any atom is 0.244 e. The minimum absolute atomic E-state index is 0.195. The Morgan fingerprint density at radius 2 is 1.95 bits per heavy atom. The summed E-state index contributed by atoms with van der Waals surface area (Å²) >= 11 is 0. The third-order valence-electron chi connectivity index (χ3n) is 3.11. The van der Waals surface area contributed by atoms with Crippen LogP contribution in [0.5, 0.6) is 0 Å². The first-order valence-corrected chi connectivity index (χ1v) is 7.56. The average molecular weight is 286 g/mol. The monoisotopic (exact) mass is 286 g/mol. The van der Waals surface area contributed by atoms with Crippen molar-refractivity contribution in [2.75, 3.05) is 32.6 Å². The molecule has 0 saturated carbocycles. The van der Waals surface area contributed by atoms with Crippen LogP contribution < -0.4 is 10.6 Å². The maximum atomic E-state index is 11.9. The molecule has 108 valence electrons. The van der Waals surface area contributed by atoms with Gasteiger partial charge in [0.15, 0.2) is 0 Å². The van der Waals surface area contributed by atoms with Crippen LogP contribution in [0, 0.1) is 0 Å². The minimum atomic E-state index is -3.42. The van der Waals surface area contributed by atoms with Crippen molar-refractivity contribution in [3.8, 4) is 0 Å². The van der Waals surface area contributed by atoms with E-state index in [1.807, 2.05) is 11.9 Å². The van der Waals surface area contributed by atoms with E-state index >= 15 is 0 Å². The average Bonchev–Trinajstić information content (AvgIpc) is 2.38. The molecule has 0 spiro atoms. The van der Waals surface area contributed by atoms with Crippen LogP contribution in [0.2, 0.25) is 0 Å². The van der Waals surface area contributed by atoms with Crippen molar-refractivity contribution in [1.82, 2.24) is 9.29 Å². The Balaban J connectivity index is 2.94. The molecule has 0 amide bonds. The Morgan fingerprint density at radius 3 is 2.37 bits per heavy atom. The van der Waals surface area contributed by atoms with Gasteiger partial charge in [-0.1, -0.05) is 0 Å². The highest BCUT2D eigenvalue weighted by Gasteiger charge is 2.18. The maximum absolute atomic E-state index is 11.9. The molecule has 0 aliphatic heterocycles. The molecule has 1 atom stereocenters. The van der Waals surface area contributed by atoms with Crippen LogP contribution in [0.3, 0.4) is 0 Å². The van der Waals surface area contributed by atoms with Gasteiger partial charge in [-0.05, 0) is 32.0 Å². The molecule has 0 aliphatic carbocycles. The van der Waals surface area contributed by atoms with Crippen LogP contribution in [-0.4, -0.2) is 51.4 Å². The molecular weight excluding hydrogens is 264 g/mol. The standard InChI is InChI=1S/C12H22N4O2S/c1-10(7-8-13)16(4)12-6-5-11(9-14-12)19(17,18)15(2)3/h5-6,9-10H,7-8,13H2,1-4H3. The number of anilines is 1. The number of aromatic nitrogens is 1. The Morgan fingerprint density at radius 1 is 1.32 bits per heavy atom. The summed E-state index contributed by atoms with van der Waals surface area (Å²) in [7, 11) is 1.50. The van der Waals surface area contributed by atoms with Gasteiger partial charge >= 0.3 is 0 Å². The quantitative estimate of drug-likeness (QED) is 0.824. The van der Waals surface area contributed by atoms with Gasteiger partial charge in [-0.2, -0.15) is 0 Å². The number of rotatable bonds is 6. The fourth-order valence-corrected chi connectivity index (χ4v) is 2.45. The second-order valence-electron chi connectivity index (χ2n) is 4.68. The van der Waals surface area contributed by atoms with Crippen molar-refractivity contribution < 1.29 is 8.42 Å². The molecule has 1 aromatic heterocycles. The summed E-state index contributed by atoms with van der Waals surface area (Å²) in [5.41, 5.74) is 5.53. The van der Waals surface area contributed by atoms with Crippen molar-refractivity contribution in [1.29, 1.82) is 0 Å². The lowest BCUT2D eigenvalue weighted by Crippen LogP contribution is -2.31. The molecular formula is C12H22N4O2S. The lowest BCUT2D eigenvalue weighted by Gasteiger charge is -2.25. The molecule has 0 radical (unpaired) electrons. The number of nitrogens with two attached hydrogens (primary N) is 1. The largest absolute Gasteiger partial charge is 0.357 e. The molecule has 1 aromatic rings. The van der Waals surface area contributed by atoms with Crippen LogP contribution in [0.4, 0.5) is 5.82 Å². The molecule has 0 aliphatic rings. The van der Waals surface area contributed by atoms with Crippen LogP contribution >= 0.6 is 0 Å². The molecule has 0 fully saturated rings. The minimum Gasteiger partial charge on any atom is -0.357 e. The van der Waals surface area contributed by atoms with E-state index in [-0.39, 0.29) is 10.9 Å². The van der Waals surface area contributed by atoms with Gasteiger partial charge in [0, 0.05) is 33.4 Å². The molecule has 1 unspecified atom stereocenters. The van der Waals surface area contributed by atoms with E-state index in [1.54, 1.807) is 12.1 Å². The van der Waals surface area contributed by atoms with E-state index in [4.69, 9.17) is 5.73 Å². The van der Waals surface area contributed by atoms with Crippen LogP contribution in [-0.2, 0) is 10.0 Å². The van der Waals surface area contributed by atoms with Gasteiger partial charge in [0.1, 0.15) is 10.7 Å². The van der Waals surface area contributed by atoms with Gasteiger partial charge in [0.05, 0.1) is 0 Å². The predicted molar refractivity (Wildman–Crippen MR) is 76.6 cm³/mol. The Labute approximate surface area is 115 Å². The Hall–Kier alpha value is -1.18. The lowest BCUT2D eigenvalue weighted by atomic mass is 10.2. The van der Waals surface area contributed by atoms with Crippen LogP contribution in [0.1, 0.15) is 13.3 Å². The van der Waals surface area contributed by atoms with E-state index in [0.29, 0.717) is 6.54 Å². The van der Waals surface area contributed by atoms with Crippen LogP contribution in [0.15, 0.2) is 23.2 Å². The second-order valence-corrected chi connectivity index (χ2v) is 6.83. The summed E-state index contributed by atoms with van der Waals surface area (Å²) in [6.07, 6.45) is 2.24. The third-order valence-corrected chi connectivity index (χ3v) is 4.90. The highest BCUT2D eigenvalue weighted by Crippen LogP contribution is 2.17. The summed E-state index contributed by atoms with van der Waals surface area (Å²) < 4.78 is 25.0. The first-order valence-electron chi connectivity index (χ1n) is 6.12. The van der Waals surface area contributed by atoms with Gasteiger partial charge in [-0.15, -0.1) is 0 Å². The van der Waals surface area contributed by atoms with E-state index in [9.17, 15) is 8.42 Å². The van der Waals surface area contributed by atoms with Gasteiger partial charge in [-0.3, -0.25) is 0 Å². The zero-order valence-electron chi connectivity index (χ0n) is 11.9. The topological polar surface area (TPSA) is 79.5 Å². The number of sulfonamides is 1. The van der Waals surface area contributed by atoms with Crippen molar-refractivity contribution in [3.05, 3.63) is 18.3 Å². The van der Waals surface area contributed by atoms with Crippen LogP contribution in [0.25, 0.3) is 0 Å². The molecule has 7 heteroatoms. The van der Waals surface area contributed by atoms with Gasteiger partial charge in [0.2, 0.25) is 10.0 Å². The first-order chi connectivity index (χ1) is 8.80. The number of pyridine rings is 1. The molecule has 2 N–H and O–H groups in total. The van der Waals surface area contributed by atoms with E-state index < -0.39 is 10.0 Å². The van der Waals surface area contributed by atoms with E-state index in [2.05, 4.69) is 11.9 Å². The molecule has 1 rings (SSSR count). The summed E-state index contributed by atoms with van der Waals surface area (Å²) in [5.74, 6) is 0.735. The molecule has 0 aromatic carbocycles. The van der Waals surface area contributed by atoms with Gasteiger partial charge in [-0.25, -0.2) is 17.7 Å². The zero-order valence-corrected chi connectivity index (χ0v) is 12.7. The molecule has 0 bridgehead atoms. The molecule has 1 heterocycles. The number of nitrogens with zero attached hydrogens (tertiary/aromatic N) is 3. The summed E-state index contributed by atoms with van der Waals surface area (Å²) in [4.78, 5) is 6.39. The molecule has 0 saturated heterocycles. The van der Waals surface area contributed by atoms with Crippen molar-refractivity contribution in [2.45, 2.75) is 24.3 Å². The van der Waals surface area contributed by atoms with Gasteiger partial charge < -0.3 is 10.6 Å². The second kappa shape index (κ2) is 6.31. The zero-order chi connectivity index (χ0) is 14.6. The number of hydrogen-bond acceptors (Lipinski definition) is 5. The van der Waals surface area contributed by atoms with Gasteiger partial charge in [0.25, 0.3) is 0 Å². The van der Waals surface area contributed by atoms with Crippen molar-refractivity contribution in [3.63, 3.8) is 0 Å². The fraction of sp³-hybridized carbons (Fsp3) is 0.583. The SMILES string of the molecule is CC(CCN)N(C)c1ccc(S(=O)(=O)N(C)C)cn1. The molecule has 6 nitrogen and oxygen atoms in total. The van der Waals surface area contributed by atoms with Crippen molar-refractivity contribution in [2.24, 2.45) is 5.73 Å².